The molecule has 0 aliphatic rings. The van der Waals surface area contributed by atoms with Crippen molar-refractivity contribution in [3.05, 3.63) is 25.6 Å². The minimum Gasteiger partial charge on any atom is -0.543 e. The summed E-state index contributed by atoms with van der Waals surface area (Å²) in [7, 11) is -1.55. The second-order valence-corrected chi connectivity index (χ2v) is 11.0. The van der Waals surface area contributed by atoms with Crippen molar-refractivity contribution in [1.82, 2.24) is 0 Å². The molecule has 0 heterocycles. The van der Waals surface area contributed by atoms with Crippen LogP contribution >= 0.6 is 47.8 Å². The summed E-state index contributed by atoms with van der Waals surface area (Å²) in [6.07, 6.45) is 0. The minimum absolute atomic E-state index is 0.896. The zero-order valence-corrected chi connectivity index (χ0v) is 14.0. The third kappa shape index (κ3) is 3.68. The Balaban J connectivity index is 3.09. The van der Waals surface area contributed by atoms with E-state index in [1.54, 1.807) is 0 Å². The molecule has 1 aromatic carbocycles. The van der Waals surface area contributed by atoms with Crippen LogP contribution in [0.25, 0.3) is 0 Å². The van der Waals surface area contributed by atoms with E-state index in [-0.39, 0.29) is 0 Å². The van der Waals surface area contributed by atoms with Gasteiger partial charge in [-0.05, 0) is 63.6 Å². The number of rotatable bonds is 2. The smallest absolute Gasteiger partial charge is 0.242 e. The van der Waals surface area contributed by atoms with E-state index in [0.29, 0.717) is 0 Å². The number of hydrogen-bond donors (Lipinski definition) is 0. The molecule has 0 aliphatic heterocycles. The molecule has 5 heteroatoms. The highest BCUT2D eigenvalue weighted by Crippen LogP contribution is 2.37. The van der Waals surface area contributed by atoms with E-state index in [1.165, 1.54) is 0 Å². The van der Waals surface area contributed by atoms with Crippen LogP contribution < -0.4 is 4.43 Å². The largest absolute Gasteiger partial charge is 0.543 e. The first-order chi connectivity index (χ1) is 6.29. The molecule has 0 spiro atoms. The molecule has 0 saturated heterocycles. The molecule has 0 unspecified atom stereocenters. The highest BCUT2D eigenvalue weighted by molar-refractivity contribution is 9.11. The van der Waals surface area contributed by atoms with Crippen LogP contribution in [0.1, 0.15) is 0 Å². The van der Waals surface area contributed by atoms with Crippen LogP contribution in [0, 0.1) is 0 Å². The van der Waals surface area contributed by atoms with Crippen LogP contribution in [0.4, 0.5) is 0 Å². The zero-order chi connectivity index (χ0) is 10.9. The summed E-state index contributed by atoms with van der Waals surface area (Å²) in [5.41, 5.74) is 0. The summed E-state index contributed by atoms with van der Waals surface area (Å²) in [6, 6.07) is 3.97. The highest BCUT2D eigenvalue weighted by Gasteiger charge is 2.19. The lowest BCUT2D eigenvalue weighted by atomic mass is 10.3. The topological polar surface area (TPSA) is 9.23 Å². The van der Waals surface area contributed by atoms with Gasteiger partial charge in [0.15, 0.2) is 0 Å². The van der Waals surface area contributed by atoms with Crippen molar-refractivity contribution >= 4 is 56.1 Å². The molecule has 78 valence electrons. The van der Waals surface area contributed by atoms with Crippen molar-refractivity contribution in [2.75, 3.05) is 0 Å². The Morgan fingerprint density at radius 3 is 1.79 bits per heavy atom. The molecule has 14 heavy (non-hydrogen) atoms. The molecule has 1 nitrogen and oxygen atoms in total. The Morgan fingerprint density at radius 1 is 1.00 bits per heavy atom. The van der Waals surface area contributed by atoms with E-state index in [2.05, 4.69) is 67.4 Å². The van der Waals surface area contributed by atoms with Gasteiger partial charge in [-0.2, -0.15) is 0 Å². The summed E-state index contributed by atoms with van der Waals surface area (Å²) in [6.45, 7) is 6.48. The lowest BCUT2D eigenvalue weighted by Crippen LogP contribution is -2.29. The number of halogens is 3. The van der Waals surface area contributed by atoms with Crippen molar-refractivity contribution < 1.29 is 4.43 Å². The summed E-state index contributed by atoms with van der Waals surface area (Å²) in [4.78, 5) is 0. The van der Waals surface area contributed by atoms with Crippen molar-refractivity contribution in [2.24, 2.45) is 0 Å². The lowest BCUT2D eigenvalue weighted by molar-refractivity contribution is 0.550. The Morgan fingerprint density at radius 2 is 1.43 bits per heavy atom. The zero-order valence-electron chi connectivity index (χ0n) is 8.20. The van der Waals surface area contributed by atoms with Gasteiger partial charge in [-0.3, -0.25) is 0 Å². The molecule has 0 N–H and O–H groups in total. The lowest BCUT2D eigenvalue weighted by Gasteiger charge is -2.21. The van der Waals surface area contributed by atoms with Crippen molar-refractivity contribution in [3.8, 4) is 5.75 Å². The molecular weight excluding hydrogens is 392 g/mol. The van der Waals surface area contributed by atoms with Crippen LogP contribution in [-0.2, 0) is 0 Å². The maximum atomic E-state index is 5.94. The summed E-state index contributed by atoms with van der Waals surface area (Å²) < 4.78 is 8.92. The molecule has 1 aromatic rings. The fraction of sp³-hybridized carbons (Fsp3) is 0.333. The molecule has 0 atom stereocenters. The standard InChI is InChI=1S/C9H11Br3OSi/c1-14(2,3)13-9-7(11)4-6(10)5-8(9)12/h4-5H,1-3H3. The van der Waals surface area contributed by atoms with Gasteiger partial charge >= 0.3 is 0 Å². The molecule has 1 rings (SSSR count). The van der Waals surface area contributed by atoms with Crippen molar-refractivity contribution in [2.45, 2.75) is 19.6 Å². The molecule has 0 saturated carbocycles. The van der Waals surface area contributed by atoms with Crippen LogP contribution in [0.2, 0.25) is 19.6 Å². The maximum Gasteiger partial charge on any atom is 0.242 e. The van der Waals surface area contributed by atoms with E-state index in [0.717, 1.165) is 19.2 Å². The van der Waals surface area contributed by atoms with Gasteiger partial charge in [0.25, 0.3) is 0 Å². The Hall–Kier alpha value is 0.677. The second-order valence-electron chi connectivity index (χ2n) is 3.91. The Labute approximate surface area is 111 Å². The van der Waals surface area contributed by atoms with E-state index in [4.69, 9.17) is 4.43 Å². The van der Waals surface area contributed by atoms with Crippen molar-refractivity contribution in [3.63, 3.8) is 0 Å². The van der Waals surface area contributed by atoms with Gasteiger partial charge in [-0.1, -0.05) is 15.9 Å². The number of hydrogen-bond acceptors (Lipinski definition) is 1. The van der Waals surface area contributed by atoms with E-state index in [1.807, 2.05) is 12.1 Å². The van der Waals surface area contributed by atoms with Gasteiger partial charge in [0, 0.05) is 4.47 Å². The fourth-order valence-electron chi connectivity index (χ4n) is 0.933. The first kappa shape index (κ1) is 12.7. The fourth-order valence-corrected chi connectivity index (χ4v) is 4.48. The summed E-state index contributed by atoms with van der Waals surface area (Å²) in [5, 5.41) is 0. The second kappa shape index (κ2) is 4.68. The minimum atomic E-state index is -1.55. The number of benzene rings is 1. The molecule has 0 fully saturated rings. The third-order valence-electron chi connectivity index (χ3n) is 1.37. The molecule has 0 radical (unpaired) electrons. The van der Waals surface area contributed by atoms with Gasteiger partial charge in [0.2, 0.25) is 8.32 Å². The SMILES string of the molecule is C[Si](C)(C)Oc1c(Br)cc(Br)cc1Br. The average Bonchev–Trinajstić information content (AvgIpc) is 1.95. The van der Waals surface area contributed by atoms with E-state index >= 15 is 0 Å². The third-order valence-corrected chi connectivity index (χ3v) is 3.82. The average molecular weight is 403 g/mol. The monoisotopic (exact) mass is 400 g/mol. The van der Waals surface area contributed by atoms with Crippen molar-refractivity contribution in [1.29, 1.82) is 0 Å². The molecule has 0 aromatic heterocycles. The van der Waals surface area contributed by atoms with E-state index < -0.39 is 8.32 Å². The first-order valence-corrected chi connectivity index (χ1v) is 9.92. The molecule has 0 bridgehead atoms. The van der Waals surface area contributed by atoms with Crippen LogP contribution in [0.15, 0.2) is 25.6 Å². The Bertz CT molecular complexity index is 323. The normalized spacial score (nSPS) is 11.6. The first-order valence-electron chi connectivity index (χ1n) is 4.13. The van der Waals surface area contributed by atoms with Gasteiger partial charge in [-0.25, -0.2) is 0 Å². The summed E-state index contributed by atoms with van der Waals surface area (Å²) >= 11 is 10.4. The van der Waals surface area contributed by atoms with Gasteiger partial charge in [-0.15, -0.1) is 0 Å². The highest BCUT2D eigenvalue weighted by atomic mass is 79.9. The molecule has 0 aliphatic carbocycles. The maximum absolute atomic E-state index is 5.94. The van der Waals surface area contributed by atoms with Gasteiger partial charge < -0.3 is 4.43 Å². The van der Waals surface area contributed by atoms with E-state index in [9.17, 15) is 0 Å². The van der Waals surface area contributed by atoms with Gasteiger partial charge in [0.1, 0.15) is 5.75 Å². The predicted octanol–water partition coefficient (Wildman–Crippen LogP) is 5.19. The molecular formula is C9H11Br3OSi. The van der Waals surface area contributed by atoms with Crippen LogP contribution in [0.5, 0.6) is 5.75 Å². The quantitative estimate of drug-likeness (QED) is 0.618. The van der Waals surface area contributed by atoms with Crippen LogP contribution in [0.3, 0.4) is 0 Å². The predicted molar refractivity (Wildman–Crippen MR) is 73.5 cm³/mol. The summed E-state index contributed by atoms with van der Waals surface area (Å²) in [5.74, 6) is 0.896. The Kier molecular flexibility index (Phi) is 4.26. The van der Waals surface area contributed by atoms with Crippen LogP contribution in [-0.4, -0.2) is 8.32 Å². The van der Waals surface area contributed by atoms with Gasteiger partial charge in [0.05, 0.1) is 8.95 Å². The molecule has 0 amide bonds.